The Hall–Kier alpha value is -1.37. The van der Waals surface area contributed by atoms with Crippen molar-refractivity contribution >= 4 is 13.2 Å². The molecule has 2 nitrogen and oxygen atoms in total. The molecule has 0 amide bonds. The average Bonchev–Trinajstić information content (AvgIpc) is 2.80. The fourth-order valence-electron chi connectivity index (χ4n) is 5.50. The van der Waals surface area contributed by atoms with Gasteiger partial charge >= 0.3 is 0 Å². The molecule has 2 saturated carbocycles. The van der Waals surface area contributed by atoms with Crippen LogP contribution in [0, 0.1) is 0 Å². The topological polar surface area (TPSA) is 29.5 Å². The van der Waals surface area contributed by atoms with Crippen molar-refractivity contribution in [3.63, 3.8) is 0 Å². The van der Waals surface area contributed by atoms with Gasteiger partial charge in [0, 0.05) is 5.56 Å². The first-order valence-electron chi connectivity index (χ1n) is 11.5. The summed E-state index contributed by atoms with van der Waals surface area (Å²) < 4.78 is 5.76. The number of rotatable bonds is 6. The van der Waals surface area contributed by atoms with Gasteiger partial charge in [0.25, 0.3) is 0 Å². The third kappa shape index (κ3) is 4.54. The van der Waals surface area contributed by atoms with E-state index >= 15 is 0 Å². The second kappa shape index (κ2) is 10.1. The number of ether oxygens (including phenoxy) is 1. The Labute approximate surface area is 177 Å². The van der Waals surface area contributed by atoms with Crippen molar-refractivity contribution in [3.05, 3.63) is 48.0 Å². The Kier molecular flexibility index (Phi) is 7.27. The van der Waals surface area contributed by atoms with E-state index in [0.717, 1.165) is 28.2 Å². The first-order valence-corrected chi connectivity index (χ1v) is 13.0. The van der Waals surface area contributed by atoms with Crippen molar-refractivity contribution in [1.82, 2.24) is 0 Å². The van der Waals surface area contributed by atoms with Gasteiger partial charge in [0.2, 0.25) is 0 Å². The number of aliphatic hydroxyl groups is 1. The summed E-state index contributed by atoms with van der Waals surface area (Å²) in [5.41, 5.74) is 5.09. The van der Waals surface area contributed by atoms with E-state index in [9.17, 15) is 5.11 Å². The summed E-state index contributed by atoms with van der Waals surface area (Å²) in [7, 11) is 1.54. The smallest absolute Gasteiger partial charge is 0.127 e. The lowest BCUT2D eigenvalue weighted by molar-refractivity contribution is 0.281. The molecule has 4 rings (SSSR count). The second-order valence-electron chi connectivity index (χ2n) is 8.66. The molecule has 1 N–H and O–H groups in total. The van der Waals surface area contributed by atoms with E-state index in [0.29, 0.717) is 0 Å². The summed E-state index contributed by atoms with van der Waals surface area (Å²) in [5, 5.41) is 11.6. The first kappa shape index (κ1) is 20.9. The molecule has 0 heterocycles. The lowest BCUT2D eigenvalue weighted by Gasteiger charge is -2.39. The molecular formula is C26H35O2P. The number of methoxy groups -OCH3 is 1. The maximum absolute atomic E-state index is 10.1. The number of aliphatic hydroxyl groups excluding tert-OH is 1. The molecule has 2 fully saturated rings. The van der Waals surface area contributed by atoms with Crippen molar-refractivity contribution in [1.29, 1.82) is 0 Å². The van der Waals surface area contributed by atoms with Crippen LogP contribution in [0.3, 0.4) is 0 Å². The minimum absolute atomic E-state index is 0.0473. The molecule has 156 valence electrons. The average molecular weight is 411 g/mol. The van der Waals surface area contributed by atoms with Gasteiger partial charge in [-0.3, -0.25) is 0 Å². The predicted octanol–water partition coefficient (Wildman–Crippen LogP) is 6.63. The zero-order valence-electron chi connectivity index (χ0n) is 17.8. The fourth-order valence-corrected chi connectivity index (χ4v) is 9.45. The molecule has 0 saturated heterocycles. The third-order valence-electron chi connectivity index (χ3n) is 6.89. The van der Waals surface area contributed by atoms with Crippen LogP contribution in [0.25, 0.3) is 11.1 Å². The zero-order valence-corrected chi connectivity index (χ0v) is 18.7. The van der Waals surface area contributed by atoms with E-state index in [-0.39, 0.29) is 14.5 Å². The van der Waals surface area contributed by atoms with Gasteiger partial charge in [-0.1, -0.05) is 82.8 Å². The van der Waals surface area contributed by atoms with Crippen LogP contribution in [0.1, 0.15) is 69.8 Å². The molecule has 0 bridgehead atoms. The quantitative estimate of drug-likeness (QED) is 0.542. The molecule has 0 aromatic heterocycles. The van der Waals surface area contributed by atoms with Gasteiger partial charge < -0.3 is 9.84 Å². The summed E-state index contributed by atoms with van der Waals surface area (Å²) in [6.45, 7) is 0.0473. The highest BCUT2D eigenvalue weighted by atomic mass is 31.1. The van der Waals surface area contributed by atoms with Crippen molar-refractivity contribution in [2.45, 2.75) is 82.1 Å². The van der Waals surface area contributed by atoms with E-state index in [2.05, 4.69) is 24.3 Å². The number of hydrogen-bond acceptors (Lipinski definition) is 2. The van der Waals surface area contributed by atoms with E-state index in [4.69, 9.17) is 4.74 Å². The Morgan fingerprint density at radius 3 is 2.03 bits per heavy atom. The van der Waals surface area contributed by atoms with Gasteiger partial charge in [-0.15, -0.1) is 0 Å². The summed E-state index contributed by atoms with van der Waals surface area (Å²) in [5.74, 6) is 0.881. The largest absolute Gasteiger partial charge is 0.496 e. The van der Waals surface area contributed by atoms with Gasteiger partial charge in [0.15, 0.2) is 0 Å². The van der Waals surface area contributed by atoms with Crippen molar-refractivity contribution < 1.29 is 9.84 Å². The summed E-state index contributed by atoms with van der Waals surface area (Å²) >= 11 is 0. The van der Waals surface area contributed by atoms with Crippen LogP contribution in [-0.2, 0) is 6.61 Å². The molecule has 0 spiro atoms. The molecule has 2 aliphatic carbocycles. The fraction of sp³-hybridized carbons (Fsp3) is 0.538. The monoisotopic (exact) mass is 410 g/mol. The van der Waals surface area contributed by atoms with Crippen LogP contribution in [0.5, 0.6) is 5.75 Å². The zero-order chi connectivity index (χ0) is 20.1. The molecule has 29 heavy (non-hydrogen) atoms. The highest BCUT2D eigenvalue weighted by Gasteiger charge is 2.34. The summed E-state index contributed by atoms with van der Waals surface area (Å²) in [6.07, 6.45) is 14.0. The highest BCUT2D eigenvalue weighted by molar-refractivity contribution is 7.67. The molecule has 2 aliphatic rings. The van der Waals surface area contributed by atoms with Gasteiger partial charge in [-0.2, -0.15) is 0 Å². The van der Waals surface area contributed by atoms with E-state index in [1.165, 1.54) is 69.8 Å². The predicted molar refractivity (Wildman–Crippen MR) is 125 cm³/mol. The second-order valence-corrected chi connectivity index (χ2v) is 11.4. The van der Waals surface area contributed by atoms with Crippen LogP contribution in [0.15, 0.2) is 42.5 Å². The lowest BCUT2D eigenvalue weighted by atomic mass is 9.98. The van der Waals surface area contributed by atoms with Crippen LogP contribution in [0.4, 0.5) is 0 Å². The summed E-state index contributed by atoms with van der Waals surface area (Å²) in [4.78, 5) is 0. The molecule has 0 atom stereocenters. The minimum Gasteiger partial charge on any atom is -0.496 e. The molecule has 0 aliphatic heterocycles. The lowest BCUT2D eigenvalue weighted by Crippen LogP contribution is -2.27. The Morgan fingerprint density at radius 1 is 0.828 bits per heavy atom. The van der Waals surface area contributed by atoms with Gasteiger partial charge in [-0.25, -0.2) is 0 Å². The third-order valence-corrected chi connectivity index (χ3v) is 10.4. The Morgan fingerprint density at radius 2 is 1.45 bits per heavy atom. The van der Waals surface area contributed by atoms with Crippen LogP contribution in [-0.4, -0.2) is 23.5 Å². The number of hydrogen-bond donors (Lipinski definition) is 1. The molecular weight excluding hydrogens is 375 g/mol. The SMILES string of the molecule is COc1cccc(CO)c1-c1ccccc1P(C1CCCCC1)C1CCCCC1. The molecule has 2 aromatic carbocycles. The molecule has 3 heteroatoms. The maximum Gasteiger partial charge on any atom is 0.127 e. The Balaban J connectivity index is 1.83. The highest BCUT2D eigenvalue weighted by Crippen LogP contribution is 2.56. The van der Waals surface area contributed by atoms with Crippen LogP contribution < -0.4 is 10.0 Å². The maximum atomic E-state index is 10.1. The first-order chi connectivity index (χ1) is 14.3. The van der Waals surface area contributed by atoms with Crippen molar-refractivity contribution in [3.8, 4) is 16.9 Å². The van der Waals surface area contributed by atoms with E-state index in [1.807, 2.05) is 18.2 Å². The van der Waals surface area contributed by atoms with Crippen LogP contribution >= 0.6 is 7.92 Å². The van der Waals surface area contributed by atoms with Gasteiger partial charge in [0.1, 0.15) is 5.75 Å². The standard InChI is InChI=1S/C26H35O2P/c1-28-24-17-10-11-20(19-27)26(24)23-16-8-9-18-25(23)29(21-12-4-2-5-13-21)22-14-6-3-7-15-22/h8-11,16-18,21-22,27H,2-7,12-15,19H2,1H3. The normalized spacial score (nSPS) is 18.9. The van der Waals surface area contributed by atoms with E-state index in [1.54, 1.807) is 12.4 Å². The van der Waals surface area contributed by atoms with Gasteiger partial charge in [0.05, 0.1) is 13.7 Å². The van der Waals surface area contributed by atoms with E-state index < -0.39 is 0 Å². The van der Waals surface area contributed by atoms with Crippen molar-refractivity contribution in [2.75, 3.05) is 7.11 Å². The summed E-state index contributed by atoms with van der Waals surface area (Å²) in [6, 6.07) is 15.1. The molecule has 0 radical (unpaired) electrons. The molecule has 0 unspecified atom stereocenters. The van der Waals surface area contributed by atoms with Gasteiger partial charge in [-0.05, 0) is 59.5 Å². The van der Waals surface area contributed by atoms with Crippen LogP contribution in [0.2, 0.25) is 0 Å². The Bertz CT molecular complexity index is 751. The minimum atomic E-state index is -0.208. The number of benzene rings is 2. The van der Waals surface area contributed by atoms with Crippen molar-refractivity contribution in [2.24, 2.45) is 0 Å². The molecule has 2 aromatic rings.